The number of amides is 3. The lowest BCUT2D eigenvalue weighted by atomic mass is 9.84. The molecule has 12 heteroatoms. The van der Waals surface area contributed by atoms with Crippen molar-refractivity contribution in [2.24, 2.45) is 11.8 Å². The first-order valence-electron chi connectivity index (χ1n) is 17.9. The van der Waals surface area contributed by atoms with Crippen LogP contribution in [0.4, 0.5) is 0 Å². The number of benzene rings is 2. The maximum atomic E-state index is 13.1. The Morgan fingerprint density at radius 1 is 0.714 bits per heavy atom. The van der Waals surface area contributed by atoms with E-state index in [1.165, 1.54) is 45.2 Å². The van der Waals surface area contributed by atoms with Crippen LogP contribution in [0.1, 0.15) is 78.0 Å². The summed E-state index contributed by atoms with van der Waals surface area (Å²) in [5, 5.41) is 6.45. The molecule has 2 unspecified atom stereocenters. The van der Waals surface area contributed by atoms with Crippen LogP contribution in [0.15, 0.2) is 51.6 Å². The number of rotatable bonds is 5. The van der Waals surface area contributed by atoms with Crippen LogP contribution in [0.2, 0.25) is 0 Å². The topological polar surface area (TPSA) is 137 Å². The first-order chi connectivity index (χ1) is 23.9. The Morgan fingerprint density at radius 3 is 1.80 bits per heavy atom. The Labute approximate surface area is 285 Å². The highest BCUT2D eigenvalue weighted by molar-refractivity contribution is 6.05. The highest BCUT2D eigenvalue weighted by atomic mass is 16.3. The second-order valence-electron chi connectivity index (χ2n) is 14.4. The van der Waals surface area contributed by atoms with Gasteiger partial charge in [0.05, 0.1) is 11.1 Å². The number of nitrogens with one attached hydrogen (secondary N) is 2. The predicted molar refractivity (Wildman–Crippen MR) is 183 cm³/mol. The van der Waals surface area contributed by atoms with Crippen molar-refractivity contribution in [1.82, 2.24) is 35.3 Å². The number of hydrogen-bond donors (Lipinski definition) is 2. The fourth-order valence-corrected chi connectivity index (χ4v) is 8.58. The van der Waals surface area contributed by atoms with Crippen molar-refractivity contribution >= 4 is 39.9 Å². The highest BCUT2D eigenvalue weighted by Crippen LogP contribution is 2.32. The lowest BCUT2D eigenvalue weighted by Gasteiger charge is -2.44. The zero-order chi connectivity index (χ0) is 33.5. The van der Waals surface area contributed by atoms with Crippen LogP contribution in [-0.2, 0) is 4.79 Å². The average molecular weight is 668 g/mol. The molecule has 7 aliphatic heterocycles. The van der Waals surface area contributed by atoms with Crippen LogP contribution in [0.5, 0.6) is 0 Å². The Balaban J connectivity index is 0.000000152. The van der Waals surface area contributed by atoms with Crippen molar-refractivity contribution in [3.05, 3.63) is 59.8 Å². The number of para-hydroxylation sites is 2. The van der Waals surface area contributed by atoms with E-state index in [4.69, 9.17) is 13.8 Å². The van der Waals surface area contributed by atoms with Gasteiger partial charge in [0.25, 0.3) is 11.8 Å². The van der Waals surface area contributed by atoms with Crippen molar-refractivity contribution in [2.75, 3.05) is 52.4 Å². The number of carbonyl (C=O) groups is 3. The number of piperidine rings is 7. The number of fused-ring (bicyclic) bond motifs is 8. The summed E-state index contributed by atoms with van der Waals surface area (Å²) >= 11 is 0. The van der Waals surface area contributed by atoms with E-state index < -0.39 is 0 Å². The molecule has 4 aromatic rings. The number of hydrogen-bond acceptors (Lipinski definition) is 9. The molecule has 7 aliphatic rings. The van der Waals surface area contributed by atoms with Gasteiger partial charge >= 0.3 is 0 Å². The zero-order valence-electron chi connectivity index (χ0n) is 28.1. The third-order valence-corrected chi connectivity index (χ3v) is 11.5. The molecule has 2 aromatic heterocycles. The maximum Gasteiger partial charge on any atom is 0.253 e. The lowest BCUT2D eigenvalue weighted by Crippen LogP contribution is -2.57. The molecule has 49 heavy (non-hydrogen) atoms. The van der Waals surface area contributed by atoms with Gasteiger partial charge in [0, 0.05) is 51.1 Å². The van der Waals surface area contributed by atoms with Gasteiger partial charge in [0.2, 0.25) is 5.91 Å². The minimum absolute atomic E-state index is 0.0387. The van der Waals surface area contributed by atoms with Crippen LogP contribution in [-0.4, -0.2) is 107 Å². The highest BCUT2D eigenvalue weighted by Gasteiger charge is 2.36. The van der Waals surface area contributed by atoms with Gasteiger partial charge in [-0.25, -0.2) is 9.97 Å². The molecule has 0 saturated carbocycles. The summed E-state index contributed by atoms with van der Waals surface area (Å²) in [6.45, 7) is 9.66. The Bertz CT molecular complexity index is 1830. The molecule has 7 saturated heterocycles. The standard InChI is InChI=1S/C22H28N4O3.C15H17N3O2/c1-14(27)26-11-7-16(8-12-26)22-24-20-17(3-2-4-19(20)29-22)21(28)23-18-13-25-9-5-15(18)6-10-25;19-15(11-2-1-3-13-14(11)16-9-20-13)17-12-8-18-6-4-10(12)5-7-18/h2-4,15-16,18H,5-13H2,1H3,(H,23,28);1-3,9-10,12H,4-8H2,(H,17,19). The predicted octanol–water partition coefficient (Wildman–Crippen LogP) is 4.03. The Hall–Kier alpha value is -4.29. The molecule has 0 radical (unpaired) electrons. The number of likely N-dealkylation sites (tertiary alicyclic amines) is 1. The number of aromatic nitrogens is 2. The van der Waals surface area contributed by atoms with Gasteiger partial charge < -0.3 is 34.2 Å². The van der Waals surface area contributed by atoms with Gasteiger partial charge in [0.1, 0.15) is 11.0 Å². The van der Waals surface area contributed by atoms with Crippen LogP contribution in [0, 0.1) is 11.8 Å². The average Bonchev–Trinajstić information content (AvgIpc) is 3.81. The minimum atomic E-state index is -0.0550. The molecule has 11 rings (SSSR count). The number of carbonyl (C=O) groups excluding carboxylic acids is 3. The first kappa shape index (κ1) is 31.9. The molecule has 12 nitrogen and oxygen atoms in total. The fourth-order valence-electron chi connectivity index (χ4n) is 8.58. The summed E-state index contributed by atoms with van der Waals surface area (Å²) in [5.74, 6) is 2.11. The molecule has 7 fully saturated rings. The van der Waals surface area contributed by atoms with E-state index in [1.807, 2.05) is 41.3 Å². The molecule has 2 aromatic carbocycles. The van der Waals surface area contributed by atoms with Crippen molar-refractivity contribution in [3.63, 3.8) is 0 Å². The van der Waals surface area contributed by atoms with Gasteiger partial charge in [-0.15, -0.1) is 0 Å². The summed E-state index contributed by atoms with van der Waals surface area (Å²) in [6.07, 6.45) is 7.79. The fraction of sp³-hybridized carbons (Fsp3) is 0.541. The Kier molecular flexibility index (Phi) is 8.83. The molecular formula is C37H45N7O5. The van der Waals surface area contributed by atoms with Gasteiger partial charge in [-0.3, -0.25) is 14.4 Å². The van der Waals surface area contributed by atoms with E-state index in [0.29, 0.717) is 51.1 Å². The lowest BCUT2D eigenvalue weighted by molar-refractivity contribution is -0.129. The number of oxazole rings is 2. The van der Waals surface area contributed by atoms with E-state index in [0.717, 1.165) is 52.1 Å². The summed E-state index contributed by atoms with van der Waals surface area (Å²) in [5.41, 5.74) is 3.81. The maximum absolute atomic E-state index is 13.1. The van der Waals surface area contributed by atoms with Gasteiger partial charge in [-0.1, -0.05) is 12.1 Å². The van der Waals surface area contributed by atoms with Crippen LogP contribution >= 0.6 is 0 Å². The molecule has 0 aliphatic carbocycles. The van der Waals surface area contributed by atoms with Crippen molar-refractivity contribution < 1.29 is 23.2 Å². The van der Waals surface area contributed by atoms with Crippen molar-refractivity contribution in [1.29, 1.82) is 0 Å². The molecular weight excluding hydrogens is 622 g/mol. The van der Waals surface area contributed by atoms with E-state index in [2.05, 4.69) is 25.4 Å². The molecule has 9 heterocycles. The van der Waals surface area contributed by atoms with Gasteiger partial charge in [-0.05, 0) is 101 Å². The molecule has 258 valence electrons. The molecule has 3 amide bonds. The SMILES string of the molecule is CC(=O)N1CCC(c2nc3c(C(=O)NC4CN5CCC4CC5)cccc3o2)CC1.O=C(NC1CN2CCC1CC2)c1cccc2ocnc12. The smallest absolute Gasteiger partial charge is 0.253 e. The molecule has 2 atom stereocenters. The van der Waals surface area contributed by atoms with E-state index >= 15 is 0 Å². The van der Waals surface area contributed by atoms with Crippen molar-refractivity contribution in [3.8, 4) is 0 Å². The Morgan fingerprint density at radius 2 is 1.27 bits per heavy atom. The van der Waals surface area contributed by atoms with Crippen molar-refractivity contribution in [2.45, 2.75) is 63.5 Å². The summed E-state index contributed by atoms with van der Waals surface area (Å²) < 4.78 is 11.3. The van der Waals surface area contributed by atoms with E-state index in [-0.39, 0.29) is 35.7 Å². The third-order valence-electron chi connectivity index (χ3n) is 11.5. The normalized spacial score (nSPS) is 27.9. The largest absolute Gasteiger partial charge is 0.443 e. The molecule has 2 N–H and O–H groups in total. The van der Waals surface area contributed by atoms with E-state index in [9.17, 15) is 14.4 Å². The summed E-state index contributed by atoms with van der Waals surface area (Å²) in [4.78, 5) is 52.7. The van der Waals surface area contributed by atoms with E-state index in [1.54, 1.807) is 6.92 Å². The summed E-state index contributed by atoms with van der Waals surface area (Å²) in [7, 11) is 0. The summed E-state index contributed by atoms with van der Waals surface area (Å²) in [6, 6.07) is 11.5. The first-order valence-corrected chi connectivity index (χ1v) is 17.9. The third kappa shape index (κ3) is 6.55. The van der Waals surface area contributed by atoms with Crippen LogP contribution in [0.3, 0.4) is 0 Å². The number of nitrogens with zero attached hydrogens (tertiary/aromatic N) is 5. The molecule has 4 bridgehead atoms. The quantitative estimate of drug-likeness (QED) is 0.323. The second-order valence-corrected chi connectivity index (χ2v) is 14.4. The van der Waals surface area contributed by atoms with Gasteiger partial charge in [-0.2, -0.15) is 0 Å². The van der Waals surface area contributed by atoms with Gasteiger partial charge in [0.15, 0.2) is 23.5 Å². The zero-order valence-corrected chi connectivity index (χ0v) is 28.1. The second kappa shape index (κ2) is 13.5. The van der Waals surface area contributed by atoms with Crippen LogP contribution < -0.4 is 10.6 Å². The van der Waals surface area contributed by atoms with Crippen LogP contribution in [0.25, 0.3) is 22.2 Å². The molecule has 0 spiro atoms. The minimum Gasteiger partial charge on any atom is -0.443 e. The monoisotopic (exact) mass is 667 g/mol.